The Balaban J connectivity index is 2.34. The van der Waals surface area contributed by atoms with Crippen LogP contribution in [-0.4, -0.2) is 21.4 Å². The van der Waals surface area contributed by atoms with E-state index in [9.17, 15) is 17.6 Å². The second-order valence-corrected chi connectivity index (χ2v) is 6.37. The second-order valence-electron chi connectivity index (χ2n) is 4.72. The van der Waals surface area contributed by atoms with E-state index >= 15 is 0 Å². The third-order valence-electron chi connectivity index (χ3n) is 3.19. The van der Waals surface area contributed by atoms with Crippen molar-refractivity contribution < 1.29 is 22.3 Å². The van der Waals surface area contributed by atoms with E-state index in [-0.39, 0.29) is 0 Å². The van der Waals surface area contributed by atoms with Crippen molar-refractivity contribution in [2.24, 2.45) is 0 Å². The number of halogens is 1. The number of benzene rings is 2. The Morgan fingerprint density at radius 3 is 2.46 bits per heavy atom. The highest BCUT2D eigenvalue weighted by Crippen LogP contribution is 2.20. The molecule has 1 unspecified atom stereocenters. The molecule has 2 aromatic rings. The van der Waals surface area contributed by atoms with Crippen LogP contribution in [0.5, 0.6) is 0 Å². The summed E-state index contributed by atoms with van der Waals surface area (Å²) in [6, 6.07) is 12.9. The van der Waals surface area contributed by atoms with Crippen molar-refractivity contribution in [3.8, 4) is 6.07 Å². The Kier molecular flexibility index (Phi) is 5.28. The SMILES string of the molecule is COC(C(=O)NS(=O)(=O)c1cccc(F)c1C#N)c1ccccc1. The van der Waals surface area contributed by atoms with Gasteiger partial charge in [0.25, 0.3) is 15.9 Å². The smallest absolute Gasteiger partial charge is 0.267 e. The molecule has 0 radical (unpaired) electrons. The van der Waals surface area contributed by atoms with E-state index in [1.807, 2.05) is 4.72 Å². The predicted molar refractivity (Wildman–Crippen MR) is 82.6 cm³/mol. The fourth-order valence-electron chi connectivity index (χ4n) is 2.10. The van der Waals surface area contributed by atoms with Crippen molar-refractivity contribution in [3.05, 3.63) is 65.5 Å². The minimum atomic E-state index is -4.43. The molecule has 0 aliphatic rings. The van der Waals surface area contributed by atoms with Crippen molar-refractivity contribution in [1.29, 1.82) is 5.26 Å². The zero-order valence-electron chi connectivity index (χ0n) is 12.6. The normalized spacial score (nSPS) is 12.2. The lowest BCUT2D eigenvalue weighted by atomic mass is 10.1. The van der Waals surface area contributed by atoms with Crippen LogP contribution < -0.4 is 4.72 Å². The molecule has 124 valence electrons. The Bertz CT molecular complexity index is 892. The van der Waals surface area contributed by atoms with Gasteiger partial charge in [0.1, 0.15) is 22.3 Å². The van der Waals surface area contributed by atoms with Crippen molar-refractivity contribution in [3.63, 3.8) is 0 Å². The number of methoxy groups -OCH3 is 1. The number of amides is 1. The molecule has 0 fully saturated rings. The first-order valence-corrected chi connectivity index (χ1v) is 8.22. The zero-order chi connectivity index (χ0) is 17.7. The molecule has 24 heavy (non-hydrogen) atoms. The first kappa shape index (κ1) is 17.6. The number of hydrogen-bond donors (Lipinski definition) is 1. The molecule has 0 saturated carbocycles. The van der Waals surface area contributed by atoms with Crippen molar-refractivity contribution >= 4 is 15.9 Å². The lowest BCUT2D eigenvalue weighted by molar-refractivity contribution is -0.129. The second kappa shape index (κ2) is 7.21. The Labute approximate surface area is 138 Å². The van der Waals surface area contributed by atoms with Gasteiger partial charge in [0.15, 0.2) is 6.10 Å². The molecule has 6 nitrogen and oxygen atoms in total. The predicted octanol–water partition coefficient (Wildman–Crippen LogP) is 1.89. The van der Waals surface area contributed by atoms with Crippen LogP contribution in [0.1, 0.15) is 17.2 Å². The first-order chi connectivity index (χ1) is 11.4. The lowest BCUT2D eigenvalue weighted by Gasteiger charge is -2.16. The molecule has 8 heteroatoms. The minimum Gasteiger partial charge on any atom is -0.367 e. The fourth-order valence-corrected chi connectivity index (χ4v) is 3.25. The molecule has 2 rings (SSSR count). The van der Waals surface area contributed by atoms with Gasteiger partial charge in [0.05, 0.1) is 0 Å². The van der Waals surface area contributed by atoms with Gasteiger partial charge in [-0.3, -0.25) is 4.79 Å². The highest BCUT2D eigenvalue weighted by Gasteiger charge is 2.28. The fraction of sp³-hybridized carbons (Fsp3) is 0.125. The van der Waals surface area contributed by atoms with Crippen LogP contribution >= 0.6 is 0 Å². The largest absolute Gasteiger partial charge is 0.367 e. The van der Waals surface area contributed by atoms with Gasteiger partial charge < -0.3 is 4.74 Å². The Hall–Kier alpha value is -2.76. The molecule has 1 amide bonds. The van der Waals surface area contributed by atoms with Gasteiger partial charge in [-0.2, -0.15) is 5.26 Å². The number of rotatable bonds is 5. The molecule has 0 bridgehead atoms. The molecular formula is C16H13FN2O4S. The number of carbonyl (C=O) groups excluding carboxylic acids is 1. The van der Waals surface area contributed by atoms with Crippen molar-refractivity contribution in [2.45, 2.75) is 11.0 Å². The number of sulfonamides is 1. The van der Waals surface area contributed by atoms with Gasteiger partial charge in [-0.25, -0.2) is 17.5 Å². The summed E-state index contributed by atoms with van der Waals surface area (Å²) in [6.45, 7) is 0. The number of nitrogens with one attached hydrogen (secondary N) is 1. The highest BCUT2D eigenvalue weighted by atomic mass is 32.2. The van der Waals surface area contributed by atoms with Crippen LogP contribution in [0.4, 0.5) is 4.39 Å². The lowest BCUT2D eigenvalue weighted by Crippen LogP contribution is -2.35. The van der Waals surface area contributed by atoms with Crippen molar-refractivity contribution in [1.82, 2.24) is 4.72 Å². The standard InChI is InChI=1S/C16H13FN2O4S/c1-23-15(11-6-3-2-4-7-11)16(20)19-24(21,22)14-9-5-8-13(17)12(14)10-18/h2-9,15H,1H3,(H,19,20). The summed E-state index contributed by atoms with van der Waals surface area (Å²) in [5, 5.41) is 8.94. The zero-order valence-corrected chi connectivity index (χ0v) is 13.4. The van der Waals surface area contributed by atoms with Crippen LogP contribution in [0, 0.1) is 17.1 Å². The van der Waals surface area contributed by atoms with E-state index in [4.69, 9.17) is 10.00 Å². The molecule has 0 aromatic heterocycles. The van der Waals surface area contributed by atoms with E-state index in [1.54, 1.807) is 30.3 Å². The molecule has 1 N–H and O–H groups in total. The molecule has 0 heterocycles. The molecule has 1 atom stereocenters. The van der Waals surface area contributed by atoms with Gasteiger partial charge in [-0.15, -0.1) is 0 Å². The van der Waals surface area contributed by atoms with E-state index in [0.29, 0.717) is 5.56 Å². The van der Waals surface area contributed by atoms with Gasteiger partial charge in [0, 0.05) is 7.11 Å². The summed E-state index contributed by atoms with van der Waals surface area (Å²) in [7, 11) is -3.17. The molecule has 0 aliphatic carbocycles. The maximum atomic E-state index is 13.6. The molecular weight excluding hydrogens is 335 g/mol. The minimum absolute atomic E-state index is 0.451. The third-order valence-corrected chi connectivity index (χ3v) is 4.58. The summed E-state index contributed by atoms with van der Waals surface area (Å²) < 4.78 is 45.1. The number of nitriles is 1. The quantitative estimate of drug-likeness (QED) is 0.890. The summed E-state index contributed by atoms with van der Waals surface area (Å²) in [5.74, 6) is -1.93. The van der Waals surface area contributed by atoms with Gasteiger partial charge in [0.2, 0.25) is 0 Å². The summed E-state index contributed by atoms with van der Waals surface area (Å²) in [4.78, 5) is 11.6. The first-order valence-electron chi connectivity index (χ1n) is 6.73. The maximum Gasteiger partial charge on any atom is 0.267 e. The average molecular weight is 348 g/mol. The van der Waals surface area contributed by atoms with Crippen LogP contribution in [0.2, 0.25) is 0 Å². The molecule has 2 aromatic carbocycles. The summed E-state index contributed by atoms with van der Waals surface area (Å²) in [6.07, 6.45) is -1.17. The van der Waals surface area contributed by atoms with E-state index in [0.717, 1.165) is 18.2 Å². The Morgan fingerprint density at radius 2 is 1.88 bits per heavy atom. The molecule has 0 saturated heterocycles. The van der Waals surface area contributed by atoms with E-state index < -0.39 is 38.3 Å². The third kappa shape index (κ3) is 3.59. The van der Waals surface area contributed by atoms with Crippen LogP contribution in [0.3, 0.4) is 0 Å². The Morgan fingerprint density at radius 1 is 1.21 bits per heavy atom. The van der Waals surface area contributed by atoms with Gasteiger partial charge in [-0.05, 0) is 17.7 Å². The number of nitrogens with zero attached hydrogens (tertiary/aromatic N) is 1. The topological polar surface area (TPSA) is 96.3 Å². The van der Waals surface area contributed by atoms with Crippen LogP contribution in [0.15, 0.2) is 53.4 Å². The summed E-state index contributed by atoms with van der Waals surface area (Å²) in [5.41, 5.74) is -0.209. The number of carbonyl (C=O) groups is 1. The monoisotopic (exact) mass is 348 g/mol. The summed E-state index contributed by atoms with van der Waals surface area (Å²) >= 11 is 0. The maximum absolute atomic E-state index is 13.6. The number of hydrogen-bond acceptors (Lipinski definition) is 5. The van der Waals surface area contributed by atoms with Crippen molar-refractivity contribution in [2.75, 3.05) is 7.11 Å². The van der Waals surface area contributed by atoms with E-state index in [1.165, 1.54) is 13.2 Å². The number of ether oxygens (including phenoxy) is 1. The van der Waals surface area contributed by atoms with Crippen LogP contribution in [0.25, 0.3) is 0 Å². The van der Waals surface area contributed by atoms with Gasteiger partial charge in [-0.1, -0.05) is 36.4 Å². The molecule has 0 spiro atoms. The van der Waals surface area contributed by atoms with Gasteiger partial charge >= 0.3 is 0 Å². The average Bonchev–Trinajstić information content (AvgIpc) is 2.55. The highest BCUT2D eigenvalue weighted by molar-refractivity contribution is 7.90. The molecule has 0 aliphatic heterocycles. The van der Waals surface area contributed by atoms with E-state index in [2.05, 4.69) is 0 Å². The van der Waals surface area contributed by atoms with Crippen LogP contribution in [-0.2, 0) is 19.6 Å².